The van der Waals surface area contributed by atoms with Crippen molar-refractivity contribution in [2.45, 2.75) is 20.8 Å². The van der Waals surface area contributed by atoms with Gasteiger partial charge in [0.25, 0.3) is 0 Å². The maximum Gasteiger partial charge on any atom is 0.118 e. The topological polar surface area (TPSA) is 60.7 Å². The minimum absolute atomic E-state index is 0.329. The van der Waals surface area contributed by atoms with Gasteiger partial charge in [-0.25, -0.2) is 0 Å². The van der Waals surface area contributed by atoms with Crippen LogP contribution in [0.3, 0.4) is 0 Å². The van der Waals surface area contributed by atoms with E-state index in [9.17, 15) is 0 Å². The lowest BCUT2D eigenvalue weighted by Gasteiger charge is -1.92. The van der Waals surface area contributed by atoms with Gasteiger partial charge in [0.15, 0.2) is 0 Å². The Hall–Kier alpha value is -2.94. The zero-order valence-corrected chi connectivity index (χ0v) is 14.3. The van der Waals surface area contributed by atoms with E-state index in [0.717, 1.165) is 11.1 Å². The standard InChI is InChI=1S/3C7H8O/c1-6-2-4-7(8)5-3-6;1-6-3-2-4-7(8)5-6;1-6-4-2-3-5-7(6)8/h3*2-5,8H,1H3. The SMILES string of the molecule is Cc1ccc(O)cc1.Cc1cccc(O)c1.Cc1ccccc1O. The van der Waals surface area contributed by atoms with Crippen LogP contribution < -0.4 is 0 Å². The summed E-state index contributed by atoms with van der Waals surface area (Å²) in [5.41, 5.74) is 3.18. The van der Waals surface area contributed by atoms with Crippen LogP contribution in [0.5, 0.6) is 17.2 Å². The van der Waals surface area contributed by atoms with Crippen molar-refractivity contribution >= 4 is 0 Å². The predicted molar refractivity (Wildman–Crippen MR) is 98.5 cm³/mol. The first-order valence-corrected chi connectivity index (χ1v) is 7.64. The minimum atomic E-state index is 0.329. The number of rotatable bonds is 0. The number of phenols is 3. The Morgan fingerprint density at radius 1 is 0.542 bits per heavy atom. The summed E-state index contributed by atoms with van der Waals surface area (Å²) in [5.74, 6) is 1.04. The number of aromatic hydroxyl groups is 3. The van der Waals surface area contributed by atoms with Gasteiger partial charge in [-0.2, -0.15) is 0 Å². The number of hydrogen-bond donors (Lipinski definition) is 3. The molecule has 0 amide bonds. The molecule has 0 saturated carbocycles. The fourth-order valence-electron chi connectivity index (χ4n) is 1.74. The Morgan fingerprint density at radius 2 is 1.17 bits per heavy atom. The summed E-state index contributed by atoms with van der Waals surface area (Å²) in [6, 6.07) is 21.5. The third-order valence-electron chi connectivity index (χ3n) is 3.15. The lowest BCUT2D eigenvalue weighted by atomic mass is 10.2. The second kappa shape index (κ2) is 9.95. The first-order valence-electron chi connectivity index (χ1n) is 7.64. The molecule has 0 saturated heterocycles. The summed E-state index contributed by atoms with van der Waals surface area (Å²) in [5, 5.41) is 26.5. The summed E-state index contributed by atoms with van der Waals surface area (Å²) in [4.78, 5) is 0. The van der Waals surface area contributed by atoms with Gasteiger partial charge in [0.05, 0.1) is 0 Å². The van der Waals surface area contributed by atoms with Crippen molar-refractivity contribution in [3.8, 4) is 17.2 Å². The average Bonchev–Trinajstić information content (AvgIpc) is 2.54. The number of phenolic OH excluding ortho intramolecular Hbond substituents is 3. The van der Waals surface area contributed by atoms with Crippen molar-refractivity contribution in [2.24, 2.45) is 0 Å². The monoisotopic (exact) mass is 324 g/mol. The summed E-state index contributed by atoms with van der Waals surface area (Å²) >= 11 is 0. The zero-order valence-electron chi connectivity index (χ0n) is 14.3. The number of benzene rings is 3. The highest BCUT2D eigenvalue weighted by molar-refractivity contribution is 5.29. The number of para-hydroxylation sites is 1. The van der Waals surface area contributed by atoms with Crippen molar-refractivity contribution < 1.29 is 15.3 Å². The summed E-state index contributed by atoms with van der Waals surface area (Å²) in [7, 11) is 0. The highest BCUT2D eigenvalue weighted by atomic mass is 16.3. The quantitative estimate of drug-likeness (QED) is 0.539. The van der Waals surface area contributed by atoms with Crippen LogP contribution in [0, 0.1) is 20.8 Å². The Labute approximate surface area is 143 Å². The van der Waals surface area contributed by atoms with Crippen molar-refractivity contribution in [3.05, 3.63) is 89.5 Å². The molecule has 0 aromatic heterocycles. The Balaban J connectivity index is 0.000000180. The summed E-state index contributed by atoms with van der Waals surface area (Å²) < 4.78 is 0. The second-order valence-electron chi connectivity index (χ2n) is 5.46. The molecular formula is C21H24O3. The third kappa shape index (κ3) is 7.90. The lowest BCUT2D eigenvalue weighted by Crippen LogP contribution is -1.68. The molecule has 0 heterocycles. The van der Waals surface area contributed by atoms with E-state index in [4.69, 9.17) is 15.3 Å². The van der Waals surface area contributed by atoms with Crippen LogP contribution in [-0.4, -0.2) is 15.3 Å². The molecule has 0 aliphatic rings. The van der Waals surface area contributed by atoms with E-state index < -0.39 is 0 Å². The fourth-order valence-corrected chi connectivity index (χ4v) is 1.74. The van der Waals surface area contributed by atoms with Crippen LogP contribution in [0.2, 0.25) is 0 Å². The van der Waals surface area contributed by atoms with E-state index in [1.54, 1.807) is 30.3 Å². The third-order valence-corrected chi connectivity index (χ3v) is 3.15. The van der Waals surface area contributed by atoms with Crippen molar-refractivity contribution in [2.75, 3.05) is 0 Å². The molecule has 0 aliphatic heterocycles. The molecule has 3 aromatic rings. The molecule has 0 spiro atoms. The van der Waals surface area contributed by atoms with Gasteiger partial charge in [0.1, 0.15) is 17.2 Å². The lowest BCUT2D eigenvalue weighted by molar-refractivity contribution is 0.471. The van der Waals surface area contributed by atoms with E-state index in [2.05, 4.69) is 0 Å². The Kier molecular flexibility index (Phi) is 7.92. The van der Waals surface area contributed by atoms with E-state index >= 15 is 0 Å². The van der Waals surface area contributed by atoms with Crippen LogP contribution >= 0.6 is 0 Å². The molecule has 3 N–H and O–H groups in total. The van der Waals surface area contributed by atoms with Crippen molar-refractivity contribution in [3.63, 3.8) is 0 Å². The Morgan fingerprint density at radius 3 is 1.54 bits per heavy atom. The average molecular weight is 324 g/mol. The maximum atomic E-state index is 8.92. The van der Waals surface area contributed by atoms with Gasteiger partial charge in [-0.15, -0.1) is 0 Å². The second-order valence-corrected chi connectivity index (χ2v) is 5.46. The number of aryl methyl sites for hydroxylation is 3. The summed E-state index contributed by atoms with van der Waals surface area (Å²) in [6.45, 7) is 5.80. The maximum absolute atomic E-state index is 8.92. The molecule has 3 rings (SSSR count). The van der Waals surface area contributed by atoms with E-state index in [0.29, 0.717) is 17.2 Å². The molecule has 126 valence electrons. The molecule has 24 heavy (non-hydrogen) atoms. The normalized spacial score (nSPS) is 9.12. The molecule has 0 aliphatic carbocycles. The van der Waals surface area contributed by atoms with Crippen LogP contribution in [0.25, 0.3) is 0 Å². The summed E-state index contributed by atoms with van der Waals surface area (Å²) in [6.07, 6.45) is 0. The van der Waals surface area contributed by atoms with Crippen LogP contribution in [-0.2, 0) is 0 Å². The van der Waals surface area contributed by atoms with E-state index in [1.807, 2.05) is 63.2 Å². The van der Waals surface area contributed by atoms with Crippen LogP contribution in [0.4, 0.5) is 0 Å². The zero-order chi connectivity index (χ0) is 17.9. The van der Waals surface area contributed by atoms with Gasteiger partial charge in [0.2, 0.25) is 0 Å². The van der Waals surface area contributed by atoms with E-state index in [1.165, 1.54) is 5.56 Å². The molecule has 3 aromatic carbocycles. The molecule has 0 radical (unpaired) electrons. The van der Waals surface area contributed by atoms with Crippen molar-refractivity contribution in [1.82, 2.24) is 0 Å². The van der Waals surface area contributed by atoms with Gasteiger partial charge in [-0.3, -0.25) is 0 Å². The molecule has 0 bridgehead atoms. The van der Waals surface area contributed by atoms with Crippen molar-refractivity contribution in [1.29, 1.82) is 0 Å². The first kappa shape index (κ1) is 19.1. The molecule has 0 fully saturated rings. The Bertz CT molecular complexity index is 675. The predicted octanol–water partition coefficient (Wildman–Crippen LogP) is 5.10. The smallest absolute Gasteiger partial charge is 0.118 e. The molecule has 3 heteroatoms. The van der Waals surface area contributed by atoms with E-state index in [-0.39, 0.29) is 0 Å². The highest BCUT2D eigenvalue weighted by Gasteiger charge is 1.87. The van der Waals surface area contributed by atoms with Gasteiger partial charge in [0, 0.05) is 0 Å². The highest BCUT2D eigenvalue weighted by Crippen LogP contribution is 2.12. The number of hydrogen-bond acceptors (Lipinski definition) is 3. The van der Waals surface area contributed by atoms with Gasteiger partial charge >= 0.3 is 0 Å². The minimum Gasteiger partial charge on any atom is -0.508 e. The van der Waals surface area contributed by atoms with Crippen LogP contribution in [0.15, 0.2) is 72.8 Å². The molecular weight excluding hydrogens is 300 g/mol. The van der Waals surface area contributed by atoms with Gasteiger partial charge in [-0.1, -0.05) is 48.0 Å². The van der Waals surface area contributed by atoms with Gasteiger partial charge < -0.3 is 15.3 Å². The molecule has 0 unspecified atom stereocenters. The van der Waals surface area contributed by atoms with Gasteiger partial charge in [-0.05, 0) is 62.2 Å². The van der Waals surface area contributed by atoms with Crippen LogP contribution in [0.1, 0.15) is 16.7 Å². The largest absolute Gasteiger partial charge is 0.508 e. The first-order chi connectivity index (χ1) is 11.4. The molecule has 3 nitrogen and oxygen atoms in total. The fraction of sp³-hybridized carbons (Fsp3) is 0.143. The molecule has 0 atom stereocenters.